The summed E-state index contributed by atoms with van der Waals surface area (Å²) in [5.74, 6) is 0.476. The van der Waals surface area contributed by atoms with Gasteiger partial charge in [0.25, 0.3) is 10.0 Å². The van der Waals surface area contributed by atoms with E-state index in [1.807, 2.05) is 91.9 Å². The highest BCUT2D eigenvalue weighted by molar-refractivity contribution is 7.89. The number of rotatable bonds is 8. The molecule has 6 rings (SSSR count). The lowest BCUT2D eigenvalue weighted by atomic mass is 10.0. The quantitative estimate of drug-likeness (QED) is 0.108. The van der Waals surface area contributed by atoms with Crippen LogP contribution in [-0.2, 0) is 14.8 Å². The molecular formula is C36H31NO6S. The molecule has 1 aliphatic rings. The van der Waals surface area contributed by atoms with Gasteiger partial charge in [0.1, 0.15) is 30.9 Å². The Kier molecular flexibility index (Phi) is 9.21. The fraction of sp³-hybridized carbons (Fsp3) is 0.111. The number of aryl methyl sites for hydroxylation is 1. The number of hydrogen-bond acceptors (Lipinski definition) is 6. The Hall–Kier alpha value is -5.21. The summed E-state index contributed by atoms with van der Waals surface area (Å²) in [7, 11) is -2.55. The van der Waals surface area contributed by atoms with Crippen molar-refractivity contribution in [2.24, 2.45) is 0 Å². The highest BCUT2D eigenvalue weighted by Crippen LogP contribution is 2.38. The van der Waals surface area contributed by atoms with Crippen LogP contribution in [0.1, 0.15) is 31.8 Å². The Balaban J connectivity index is 0.000000367. The minimum atomic E-state index is -3.93. The van der Waals surface area contributed by atoms with Crippen molar-refractivity contribution in [1.29, 1.82) is 0 Å². The number of hydrogen-bond donors (Lipinski definition) is 0. The minimum Gasteiger partial charge on any atom is -0.490 e. The number of ketones is 1. The molecule has 0 atom stereocenters. The SMILES string of the molecule is CN1C(C(=O)c2ccc3ccccc3c2)=C(OCCOc2ccccc2)c2ccccc2S1(=O)=O.Cc1ccc(C=O)cc1. The van der Waals surface area contributed by atoms with Crippen LogP contribution < -0.4 is 4.74 Å². The minimum absolute atomic E-state index is 0.0290. The number of nitrogens with zero attached hydrogens (tertiary/aromatic N) is 1. The van der Waals surface area contributed by atoms with E-state index in [1.165, 1.54) is 18.7 Å². The zero-order valence-electron chi connectivity index (χ0n) is 24.3. The molecule has 1 heterocycles. The first-order chi connectivity index (χ1) is 21.3. The first-order valence-corrected chi connectivity index (χ1v) is 15.4. The number of likely N-dealkylation sites (N-methyl/N-ethyl adjacent to an activating group) is 1. The first kappa shape index (κ1) is 30.3. The van der Waals surface area contributed by atoms with Crippen LogP contribution in [0.15, 0.2) is 132 Å². The molecule has 0 aliphatic carbocycles. The highest BCUT2D eigenvalue weighted by atomic mass is 32.2. The van der Waals surface area contributed by atoms with Gasteiger partial charge in [-0.3, -0.25) is 13.9 Å². The van der Waals surface area contributed by atoms with Crippen molar-refractivity contribution < 1.29 is 27.5 Å². The van der Waals surface area contributed by atoms with Crippen LogP contribution in [0.2, 0.25) is 0 Å². The molecule has 5 aromatic carbocycles. The maximum absolute atomic E-state index is 13.7. The van der Waals surface area contributed by atoms with Gasteiger partial charge in [-0.25, -0.2) is 8.42 Å². The van der Waals surface area contributed by atoms with Crippen LogP contribution >= 0.6 is 0 Å². The molecule has 0 fully saturated rings. The molecule has 5 aromatic rings. The second-order valence-corrected chi connectivity index (χ2v) is 12.0. The zero-order chi connectivity index (χ0) is 31.1. The summed E-state index contributed by atoms with van der Waals surface area (Å²) in [6, 6.07) is 36.3. The largest absolute Gasteiger partial charge is 0.490 e. The van der Waals surface area contributed by atoms with E-state index in [1.54, 1.807) is 30.3 Å². The maximum Gasteiger partial charge on any atom is 0.265 e. The number of sulfonamides is 1. The second-order valence-electron chi connectivity index (χ2n) is 10.1. The highest BCUT2D eigenvalue weighted by Gasteiger charge is 2.39. The number of aldehydes is 1. The molecule has 0 bridgehead atoms. The van der Waals surface area contributed by atoms with Gasteiger partial charge in [0.2, 0.25) is 5.78 Å². The number of fused-ring (bicyclic) bond motifs is 2. The number of para-hydroxylation sites is 1. The van der Waals surface area contributed by atoms with Gasteiger partial charge < -0.3 is 9.47 Å². The van der Waals surface area contributed by atoms with E-state index in [9.17, 15) is 18.0 Å². The number of allylic oxidation sites excluding steroid dienone is 1. The van der Waals surface area contributed by atoms with Gasteiger partial charge in [-0.15, -0.1) is 0 Å². The molecule has 8 heteroatoms. The number of carbonyl (C=O) groups is 2. The van der Waals surface area contributed by atoms with Crippen molar-refractivity contribution in [2.45, 2.75) is 11.8 Å². The molecule has 0 unspecified atom stereocenters. The van der Waals surface area contributed by atoms with E-state index >= 15 is 0 Å². The summed E-state index contributed by atoms with van der Waals surface area (Å²) >= 11 is 0. The Morgan fingerprint density at radius 2 is 1.39 bits per heavy atom. The number of Topliss-reactive ketones (excluding diaryl/α,β-unsaturated/α-hetero) is 1. The van der Waals surface area contributed by atoms with Crippen LogP contribution in [0.5, 0.6) is 5.75 Å². The second kappa shape index (κ2) is 13.4. The van der Waals surface area contributed by atoms with Gasteiger partial charge in [0.15, 0.2) is 5.76 Å². The maximum atomic E-state index is 13.7. The molecular weight excluding hydrogens is 574 g/mol. The first-order valence-electron chi connectivity index (χ1n) is 14.0. The summed E-state index contributed by atoms with van der Waals surface area (Å²) in [5.41, 5.74) is 2.62. The molecule has 44 heavy (non-hydrogen) atoms. The smallest absolute Gasteiger partial charge is 0.265 e. The normalized spacial score (nSPS) is 13.4. The molecule has 1 aliphatic heterocycles. The number of ether oxygens (including phenoxy) is 2. The summed E-state index contributed by atoms with van der Waals surface area (Å²) in [6.07, 6.45) is 0.847. The van der Waals surface area contributed by atoms with Crippen LogP contribution in [0, 0.1) is 6.92 Å². The summed E-state index contributed by atoms with van der Waals surface area (Å²) in [6.45, 7) is 2.35. The summed E-state index contributed by atoms with van der Waals surface area (Å²) in [4.78, 5) is 24.0. The Morgan fingerprint density at radius 3 is 2.11 bits per heavy atom. The molecule has 0 radical (unpaired) electrons. The average molecular weight is 606 g/mol. The van der Waals surface area contributed by atoms with E-state index < -0.39 is 15.8 Å². The lowest BCUT2D eigenvalue weighted by molar-refractivity contribution is 0.100. The van der Waals surface area contributed by atoms with E-state index in [2.05, 4.69) is 0 Å². The monoisotopic (exact) mass is 605 g/mol. The van der Waals surface area contributed by atoms with E-state index in [0.29, 0.717) is 16.9 Å². The van der Waals surface area contributed by atoms with Crippen LogP contribution in [0.25, 0.3) is 16.5 Å². The third-order valence-corrected chi connectivity index (χ3v) is 8.90. The number of carbonyl (C=O) groups excluding carboxylic acids is 2. The fourth-order valence-corrected chi connectivity index (χ4v) is 6.13. The van der Waals surface area contributed by atoms with E-state index in [0.717, 1.165) is 26.9 Å². The zero-order valence-corrected chi connectivity index (χ0v) is 25.2. The van der Waals surface area contributed by atoms with Gasteiger partial charge in [0.05, 0.1) is 4.90 Å². The predicted molar refractivity (Wildman–Crippen MR) is 171 cm³/mol. The standard InChI is InChI=1S/C28H23NO5S.C8H8O/c1-29-26(27(30)22-16-15-20-9-5-6-10-21(20)19-22)28(24-13-7-8-14-25(24)35(29,31)32)34-18-17-33-23-11-3-2-4-12-23;1-7-2-4-8(6-9)5-3-7/h2-16,19H,17-18H2,1H3;2-6H,1H3. The van der Waals surface area contributed by atoms with Crippen molar-refractivity contribution in [2.75, 3.05) is 20.3 Å². The number of benzene rings is 5. The molecule has 0 N–H and O–H groups in total. The van der Waals surface area contributed by atoms with Crippen molar-refractivity contribution in [3.63, 3.8) is 0 Å². The van der Waals surface area contributed by atoms with E-state index in [4.69, 9.17) is 9.47 Å². The molecule has 0 amide bonds. The molecule has 0 spiro atoms. The molecule has 7 nitrogen and oxygen atoms in total. The van der Waals surface area contributed by atoms with Crippen molar-refractivity contribution in [1.82, 2.24) is 4.31 Å². The van der Waals surface area contributed by atoms with Gasteiger partial charge in [-0.05, 0) is 48.0 Å². The van der Waals surface area contributed by atoms with Gasteiger partial charge >= 0.3 is 0 Å². The predicted octanol–water partition coefficient (Wildman–Crippen LogP) is 6.93. The third kappa shape index (κ3) is 6.55. The van der Waals surface area contributed by atoms with Crippen molar-refractivity contribution >= 4 is 38.6 Å². The molecule has 0 saturated heterocycles. The van der Waals surface area contributed by atoms with Crippen molar-refractivity contribution in [3.05, 3.63) is 149 Å². The lowest BCUT2D eigenvalue weighted by Gasteiger charge is -2.30. The topological polar surface area (TPSA) is 90.0 Å². The lowest BCUT2D eigenvalue weighted by Crippen LogP contribution is -2.35. The third-order valence-electron chi connectivity index (χ3n) is 7.08. The van der Waals surface area contributed by atoms with Crippen LogP contribution in [-0.4, -0.2) is 45.1 Å². The molecule has 0 saturated carbocycles. The molecule has 222 valence electrons. The van der Waals surface area contributed by atoms with Gasteiger partial charge in [0, 0.05) is 23.7 Å². The Labute approximate surface area is 257 Å². The van der Waals surface area contributed by atoms with Gasteiger partial charge in [-0.1, -0.05) is 96.6 Å². The fourth-order valence-electron chi connectivity index (χ4n) is 4.74. The average Bonchev–Trinajstić information content (AvgIpc) is 3.06. The summed E-state index contributed by atoms with van der Waals surface area (Å²) in [5, 5.41) is 1.88. The van der Waals surface area contributed by atoms with Crippen LogP contribution in [0.4, 0.5) is 0 Å². The Bertz CT molecular complexity index is 1930. The van der Waals surface area contributed by atoms with Gasteiger partial charge in [-0.2, -0.15) is 0 Å². The Morgan fingerprint density at radius 1 is 0.750 bits per heavy atom. The summed E-state index contributed by atoms with van der Waals surface area (Å²) < 4.78 is 39.4. The van der Waals surface area contributed by atoms with Crippen LogP contribution in [0.3, 0.4) is 0 Å². The van der Waals surface area contributed by atoms with Crippen molar-refractivity contribution in [3.8, 4) is 5.75 Å². The molecule has 0 aromatic heterocycles. The van der Waals surface area contributed by atoms with E-state index in [-0.39, 0.29) is 29.6 Å².